The highest BCUT2D eigenvalue weighted by Crippen LogP contribution is 2.35. The van der Waals surface area contributed by atoms with E-state index >= 15 is 0 Å². The molecule has 0 saturated carbocycles. The van der Waals surface area contributed by atoms with Crippen molar-refractivity contribution in [3.63, 3.8) is 0 Å². The van der Waals surface area contributed by atoms with Gasteiger partial charge in [-0.2, -0.15) is 0 Å². The molecule has 0 fully saturated rings. The van der Waals surface area contributed by atoms with Crippen LogP contribution in [-0.4, -0.2) is 28.4 Å². The van der Waals surface area contributed by atoms with E-state index in [9.17, 15) is 9.59 Å². The van der Waals surface area contributed by atoms with Crippen molar-refractivity contribution in [3.05, 3.63) is 35.4 Å². The zero-order chi connectivity index (χ0) is 12.4. The summed E-state index contributed by atoms with van der Waals surface area (Å²) in [7, 11) is 0. The minimum Gasteiger partial charge on any atom is -0.481 e. The van der Waals surface area contributed by atoms with Crippen molar-refractivity contribution in [3.8, 4) is 0 Å². The number of carbonyl (C=O) groups is 2. The van der Waals surface area contributed by atoms with Crippen LogP contribution in [-0.2, 0) is 4.79 Å². The van der Waals surface area contributed by atoms with Gasteiger partial charge in [0.25, 0.3) is 5.91 Å². The Bertz CT molecular complexity index is 456. The maximum atomic E-state index is 12.1. The lowest BCUT2D eigenvalue weighted by atomic mass is 10.0. The molecule has 0 bridgehead atoms. The Labute approximate surface area is 99.9 Å². The highest BCUT2D eigenvalue weighted by molar-refractivity contribution is 5.99. The summed E-state index contributed by atoms with van der Waals surface area (Å²) in [6.45, 7) is 2.58. The van der Waals surface area contributed by atoms with Crippen molar-refractivity contribution in [2.24, 2.45) is 0 Å². The number of rotatable bonds is 4. The summed E-state index contributed by atoms with van der Waals surface area (Å²) in [5.41, 5.74) is 1.49. The molecular formula is C13H15NO3. The molecule has 4 heteroatoms. The Kier molecular flexibility index (Phi) is 3.13. The first-order valence-corrected chi connectivity index (χ1v) is 5.76. The van der Waals surface area contributed by atoms with Crippen LogP contribution in [0.4, 0.5) is 0 Å². The number of hydrogen-bond donors (Lipinski definition) is 1. The average molecular weight is 233 g/mol. The fourth-order valence-corrected chi connectivity index (χ4v) is 2.33. The molecule has 1 aromatic carbocycles. The smallest absolute Gasteiger partial charge is 0.305 e. The first kappa shape index (κ1) is 11.6. The van der Waals surface area contributed by atoms with E-state index in [1.807, 2.05) is 25.1 Å². The molecule has 1 amide bonds. The van der Waals surface area contributed by atoms with Crippen LogP contribution in [0.15, 0.2) is 24.3 Å². The molecular weight excluding hydrogens is 218 g/mol. The molecule has 2 rings (SSSR count). The number of amides is 1. The van der Waals surface area contributed by atoms with E-state index in [2.05, 4.69) is 0 Å². The molecule has 1 aromatic rings. The second-order valence-corrected chi connectivity index (χ2v) is 4.20. The molecule has 1 aliphatic rings. The average Bonchev–Trinajstić information content (AvgIpc) is 2.55. The van der Waals surface area contributed by atoms with Crippen molar-refractivity contribution in [1.29, 1.82) is 0 Å². The van der Waals surface area contributed by atoms with Crippen LogP contribution in [0, 0.1) is 0 Å². The second kappa shape index (κ2) is 4.57. The summed E-state index contributed by atoms with van der Waals surface area (Å²) >= 11 is 0. The molecule has 0 aliphatic carbocycles. The SMILES string of the molecule is CCCN1C(=O)c2ccccc2C1CC(=O)O. The van der Waals surface area contributed by atoms with Crippen molar-refractivity contribution in [2.75, 3.05) is 6.54 Å². The molecule has 0 saturated heterocycles. The summed E-state index contributed by atoms with van der Waals surface area (Å²) in [5, 5.41) is 8.93. The van der Waals surface area contributed by atoms with E-state index in [0.717, 1.165) is 12.0 Å². The molecule has 90 valence electrons. The van der Waals surface area contributed by atoms with Crippen molar-refractivity contribution >= 4 is 11.9 Å². The van der Waals surface area contributed by atoms with Crippen LogP contribution in [0.5, 0.6) is 0 Å². The number of carbonyl (C=O) groups excluding carboxylic acids is 1. The number of fused-ring (bicyclic) bond motifs is 1. The van der Waals surface area contributed by atoms with Crippen molar-refractivity contribution in [1.82, 2.24) is 4.90 Å². The summed E-state index contributed by atoms with van der Waals surface area (Å²) in [5.74, 6) is -0.922. The fourth-order valence-electron chi connectivity index (χ4n) is 2.33. The van der Waals surface area contributed by atoms with Crippen LogP contribution in [0.1, 0.15) is 41.7 Å². The number of hydrogen-bond acceptors (Lipinski definition) is 2. The van der Waals surface area contributed by atoms with Crippen LogP contribution in [0.25, 0.3) is 0 Å². The first-order valence-electron chi connectivity index (χ1n) is 5.76. The van der Waals surface area contributed by atoms with E-state index in [1.165, 1.54) is 0 Å². The molecule has 0 aromatic heterocycles. The van der Waals surface area contributed by atoms with Gasteiger partial charge in [-0.05, 0) is 18.1 Å². The van der Waals surface area contributed by atoms with Gasteiger partial charge in [-0.1, -0.05) is 25.1 Å². The lowest BCUT2D eigenvalue weighted by molar-refractivity contribution is -0.138. The standard InChI is InChI=1S/C13H15NO3/c1-2-7-14-11(8-12(15)16)9-5-3-4-6-10(9)13(14)17/h3-6,11H,2,7-8H2,1H3,(H,15,16). The van der Waals surface area contributed by atoms with Gasteiger partial charge in [-0.3, -0.25) is 9.59 Å². The Morgan fingerprint density at radius 1 is 1.41 bits per heavy atom. The van der Waals surface area contributed by atoms with Gasteiger partial charge in [0.1, 0.15) is 0 Å². The highest BCUT2D eigenvalue weighted by Gasteiger charge is 2.36. The Balaban J connectivity index is 2.38. The number of carboxylic acid groups (broad SMARTS) is 1. The predicted octanol–water partition coefficient (Wildman–Crippen LogP) is 2.07. The van der Waals surface area contributed by atoms with E-state index in [-0.39, 0.29) is 18.4 Å². The number of aliphatic carboxylic acids is 1. The fraction of sp³-hybridized carbons (Fsp3) is 0.385. The predicted molar refractivity (Wildman–Crippen MR) is 62.8 cm³/mol. The molecule has 1 atom stereocenters. The molecule has 17 heavy (non-hydrogen) atoms. The van der Waals surface area contributed by atoms with E-state index in [0.29, 0.717) is 12.1 Å². The van der Waals surface area contributed by atoms with Gasteiger partial charge >= 0.3 is 5.97 Å². The van der Waals surface area contributed by atoms with Crippen molar-refractivity contribution < 1.29 is 14.7 Å². The molecule has 1 heterocycles. The highest BCUT2D eigenvalue weighted by atomic mass is 16.4. The van der Waals surface area contributed by atoms with Crippen LogP contribution in [0.2, 0.25) is 0 Å². The van der Waals surface area contributed by atoms with Gasteiger partial charge in [-0.25, -0.2) is 0 Å². The van der Waals surface area contributed by atoms with Gasteiger partial charge in [0, 0.05) is 12.1 Å². The van der Waals surface area contributed by atoms with Gasteiger partial charge in [0.2, 0.25) is 0 Å². The first-order chi connectivity index (χ1) is 8.15. The lowest BCUT2D eigenvalue weighted by Crippen LogP contribution is -2.30. The zero-order valence-electron chi connectivity index (χ0n) is 9.72. The number of nitrogens with zero attached hydrogens (tertiary/aromatic N) is 1. The third-order valence-corrected chi connectivity index (χ3v) is 3.02. The summed E-state index contributed by atoms with van der Waals surface area (Å²) in [6.07, 6.45) is 0.804. The van der Waals surface area contributed by atoms with Crippen LogP contribution in [0.3, 0.4) is 0 Å². The van der Waals surface area contributed by atoms with Crippen LogP contribution >= 0.6 is 0 Å². The van der Waals surface area contributed by atoms with Crippen LogP contribution < -0.4 is 0 Å². The van der Waals surface area contributed by atoms with Crippen molar-refractivity contribution in [2.45, 2.75) is 25.8 Å². The molecule has 1 unspecified atom stereocenters. The maximum Gasteiger partial charge on any atom is 0.305 e. The molecule has 0 spiro atoms. The normalized spacial score (nSPS) is 18.3. The molecule has 0 radical (unpaired) electrons. The van der Waals surface area contributed by atoms with E-state index in [4.69, 9.17) is 5.11 Å². The molecule has 1 N–H and O–H groups in total. The minimum atomic E-state index is -0.874. The van der Waals surface area contributed by atoms with Gasteiger partial charge in [-0.15, -0.1) is 0 Å². The monoisotopic (exact) mass is 233 g/mol. The van der Waals surface area contributed by atoms with Gasteiger partial charge < -0.3 is 10.0 Å². The Morgan fingerprint density at radius 3 is 2.76 bits per heavy atom. The van der Waals surface area contributed by atoms with E-state index in [1.54, 1.807) is 11.0 Å². The largest absolute Gasteiger partial charge is 0.481 e. The molecule has 4 nitrogen and oxygen atoms in total. The minimum absolute atomic E-state index is 0.0250. The van der Waals surface area contributed by atoms with E-state index < -0.39 is 5.97 Å². The Hall–Kier alpha value is -1.84. The summed E-state index contributed by atoms with van der Waals surface area (Å²) in [4.78, 5) is 24.7. The zero-order valence-corrected chi connectivity index (χ0v) is 9.72. The lowest BCUT2D eigenvalue weighted by Gasteiger charge is -2.23. The van der Waals surface area contributed by atoms with Gasteiger partial charge in [0.05, 0.1) is 12.5 Å². The maximum absolute atomic E-state index is 12.1. The number of benzene rings is 1. The summed E-state index contributed by atoms with van der Waals surface area (Å²) in [6, 6.07) is 6.95. The molecule has 1 aliphatic heterocycles. The topological polar surface area (TPSA) is 57.6 Å². The third kappa shape index (κ3) is 2.02. The third-order valence-electron chi connectivity index (χ3n) is 3.02. The summed E-state index contributed by atoms with van der Waals surface area (Å²) < 4.78 is 0. The van der Waals surface area contributed by atoms with Gasteiger partial charge in [0.15, 0.2) is 0 Å². The quantitative estimate of drug-likeness (QED) is 0.866. The second-order valence-electron chi connectivity index (χ2n) is 4.20. The Morgan fingerprint density at radius 2 is 2.12 bits per heavy atom. The number of carboxylic acids is 1.